The topological polar surface area (TPSA) is 75.7 Å². The van der Waals surface area contributed by atoms with E-state index in [-0.39, 0.29) is 17.8 Å². The summed E-state index contributed by atoms with van der Waals surface area (Å²) in [5.74, 6) is -0.700. The molecule has 6 heteroatoms. The van der Waals surface area contributed by atoms with Crippen LogP contribution in [0, 0.1) is 5.41 Å². The van der Waals surface area contributed by atoms with Gasteiger partial charge in [0, 0.05) is 25.2 Å². The summed E-state index contributed by atoms with van der Waals surface area (Å²) in [7, 11) is 0. The summed E-state index contributed by atoms with van der Waals surface area (Å²) in [6.45, 7) is 6.80. The number of hydrogen-bond donors (Lipinski definition) is 1. The van der Waals surface area contributed by atoms with Gasteiger partial charge in [-0.1, -0.05) is 6.07 Å². The van der Waals surface area contributed by atoms with Gasteiger partial charge < -0.3 is 9.64 Å². The molecule has 0 aliphatic carbocycles. The number of carbonyl (C=O) groups is 3. The van der Waals surface area contributed by atoms with Gasteiger partial charge in [-0.2, -0.15) is 0 Å². The fourth-order valence-electron chi connectivity index (χ4n) is 3.67. The van der Waals surface area contributed by atoms with E-state index in [1.165, 1.54) is 0 Å². The zero-order chi connectivity index (χ0) is 18.9. The van der Waals surface area contributed by atoms with Crippen molar-refractivity contribution in [3.05, 3.63) is 29.8 Å². The molecule has 1 atom stereocenters. The first-order valence-corrected chi connectivity index (χ1v) is 9.11. The van der Waals surface area contributed by atoms with Crippen LogP contribution in [0.25, 0.3) is 0 Å². The highest BCUT2D eigenvalue weighted by molar-refractivity contribution is 5.99. The lowest BCUT2D eigenvalue weighted by Crippen LogP contribution is -2.43. The van der Waals surface area contributed by atoms with Crippen LogP contribution in [0.2, 0.25) is 0 Å². The summed E-state index contributed by atoms with van der Waals surface area (Å²) in [6.07, 6.45) is 2.56. The number of esters is 1. The first-order chi connectivity index (χ1) is 12.2. The van der Waals surface area contributed by atoms with Crippen LogP contribution in [-0.2, 0) is 14.3 Å². The molecular weight excluding hydrogens is 332 g/mol. The molecule has 1 aromatic rings. The number of nitrogens with zero attached hydrogens (tertiary/aromatic N) is 1. The van der Waals surface area contributed by atoms with Crippen molar-refractivity contribution in [3.63, 3.8) is 0 Å². The molecule has 140 valence electrons. The van der Waals surface area contributed by atoms with Crippen LogP contribution < -0.4 is 10.2 Å². The van der Waals surface area contributed by atoms with E-state index >= 15 is 0 Å². The van der Waals surface area contributed by atoms with Crippen molar-refractivity contribution in [3.8, 4) is 0 Å². The summed E-state index contributed by atoms with van der Waals surface area (Å²) in [6, 6.07) is 7.32. The van der Waals surface area contributed by atoms with E-state index < -0.39 is 11.0 Å². The van der Waals surface area contributed by atoms with Gasteiger partial charge in [-0.05, 0) is 58.2 Å². The fourth-order valence-corrected chi connectivity index (χ4v) is 3.67. The molecule has 0 radical (unpaired) electrons. The lowest BCUT2D eigenvalue weighted by Gasteiger charge is -2.26. The Kier molecular flexibility index (Phi) is 4.78. The molecule has 0 bridgehead atoms. The van der Waals surface area contributed by atoms with Gasteiger partial charge in [-0.15, -0.1) is 0 Å². The first-order valence-electron chi connectivity index (χ1n) is 9.11. The van der Waals surface area contributed by atoms with Gasteiger partial charge in [0.05, 0.1) is 11.0 Å². The second kappa shape index (κ2) is 6.74. The maximum atomic E-state index is 12.5. The van der Waals surface area contributed by atoms with Crippen molar-refractivity contribution in [1.82, 2.24) is 5.32 Å². The molecule has 1 N–H and O–H groups in total. The number of benzene rings is 1. The number of rotatable bonds is 2. The van der Waals surface area contributed by atoms with Crippen LogP contribution in [0.1, 0.15) is 56.8 Å². The highest BCUT2D eigenvalue weighted by atomic mass is 16.6. The Labute approximate surface area is 153 Å². The Morgan fingerprint density at radius 1 is 1.23 bits per heavy atom. The number of amides is 2. The third-order valence-corrected chi connectivity index (χ3v) is 4.99. The summed E-state index contributed by atoms with van der Waals surface area (Å²) < 4.78 is 5.44. The fraction of sp³-hybridized carbons (Fsp3) is 0.550. The number of carbonyl (C=O) groups excluding carboxylic acids is 3. The van der Waals surface area contributed by atoms with E-state index in [0.717, 1.165) is 18.7 Å². The number of imide groups is 1. The van der Waals surface area contributed by atoms with Gasteiger partial charge in [0.25, 0.3) is 0 Å². The van der Waals surface area contributed by atoms with E-state index in [1.807, 2.05) is 39.0 Å². The first kappa shape index (κ1) is 18.4. The molecule has 2 amide bonds. The maximum absolute atomic E-state index is 12.5. The predicted octanol–water partition coefficient (Wildman–Crippen LogP) is 2.67. The Hall–Kier alpha value is -2.37. The summed E-state index contributed by atoms with van der Waals surface area (Å²) in [4.78, 5) is 38.6. The molecule has 2 aliphatic heterocycles. The molecule has 0 aromatic heterocycles. The normalized spacial score (nSPS) is 23.7. The number of nitrogens with one attached hydrogen (secondary N) is 1. The minimum Gasteiger partial charge on any atom is -0.456 e. The molecule has 2 fully saturated rings. The van der Waals surface area contributed by atoms with Crippen molar-refractivity contribution in [2.75, 3.05) is 18.0 Å². The van der Waals surface area contributed by atoms with Crippen molar-refractivity contribution >= 4 is 23.5 Å². The van der Waals surface area contributed by atoms with E-state index in [0.29, 0.717) is 31.4 Å². The second-order valence-electron chi connectivity index (χ2n) is 8.23. The van der Waals surface area contributed by atoms with Crippen molar-refractivity contribution in [2.24, 2.45) is 5.41 Å². The molecule has 3 rings (SSSR count). The molecule has 2 aliphatic rings. The quantitative estimate of drug-likeness (QED) is 0.650. The van der Waals surface area contributed by atoms with Gasteiger partial charge in [-0.3, -0.25) is 14.9 Å². The highest BCUT2D eigenvalue weighted by Crippen LogP contribution is 2.39. The molecule has 0 saturated carbocycles. The Morgan fingerprint density at radius 2 is 2.00 bits per heavy atom. The molecule has 1 spiro atoms. The average Bonchev–Trinajstić information content (AvgIpc) is 2.93. The summed E-state index contributed by atoms with van der Waals surface area (Å²) >= 11 is 0. The zero-order valence-electron chi connectivity index (χ0n) is 15.6. The molecule has 6 nitrogen and oxygen atoms in total. The van der Waals surface area contributed by atoms with Gasteiger partial charge in [0.15, 0.2) is 0 Å². The van der Waals surface area contributed by atoms with Gasteiger partial charge in [-0.25, -0.2) is 4.79 Å². The van der Waals surface area contributed by atoms with Gasteiger partial charge >= 0.3 is 5.97 Å². The van der Waals surface area contributed by atoms with Crippen LogP contribution in [0.5, 0.6) is 0 Å². The molecule has 26 heavy (non-hydrogen) atoms. The van der Waals surface area contributed by atoms with Crippen LogP contribution in [-0.4, -0.2) is 36.5 Å². The molecule has 1 aromatic carbocycles. The minimum absolute atomic E-state index is 0.161. The third-order valence-electron chi connectivity index (χ3n) is 4.99. The van der Waals surface area contributed by atoms with Crippen molar-refractivity contribution in [2.45, 2.75) is 52.1 Å². The zero-order valence-corrected chi connectivity index (χ0v) is 15.6. The predicted molar refractivity (Wildman–Crippen MR) is 97.9 cm³/mol. The Morgan fingerprint density at radius 3 is 2.73 bits per heavy atom. The number of hydrogen-bond acceptors (Lipinski definition) is 5. The Balaban J connectivity index is 1.77. The second-order valence-corrected chi connectivity index (χ2v) is 8.23. The van der Waals surface area contributed by atoms with E-state index in [4.69, 9.17) is 4.74 Å². The minimum atomic E-state index is -0.546. The molecular formula is C20H26N2O4. The van der Waals surface area contributed by atoms with Crippen molar-refractivity contribution < 1.29 is 19.1 Å². The van der Waals surface area contributed by atoms with Crippen LogP contribution >= 0.6 is 0 Å². The smallest absolute Gasteiger partial charge is 0.338 e. The van der Waals surface area contributed by atoms with E-state index in [9.17, 15) is 14.4 Å². The lowest BCUT2D eigenvalue weighted by molar-refractivity contribution is -0.134. The number of anilines is 1. The monoisotopic (exact) mass is 358 g/mol. The standard InChI is InChI=1S/C20H26N2O4/c1-19(2,3)26-17(24)14-6-4-7-15(12-14)22-11-10-20(13-22)9-5-8-16(23)21-18(20)25/h4,6-7,12H,5,8-11,13H2,1-3H3,(H,21,23,25). The SMILES string of the molecule is CC(C)(C)OC(=O)c1cccc(N2CCC3(CCCC(=O)NC3=O)C2)c1. The highest BCUT2D eigenvalue weighted by Gasteiger charge is 2.46. The maximum Gasteiger partial charge on any atom is 0.338 e. The third kappa shape index (κ3) is 3.89. The lowest BCUT2D eigenvalue weighted by atomic mass is 9.82. The summed E-state index contributed by atoms with van der Waals surface area (Å²) in [5, 5.41) is 2.52. The summed E-state index contributed by atoms with van der Waals surface area (Å²) in [5.41, 5.74) is 0.330. The van der Waals surface area contributed by atoms with Crippen LogP contribution in [0.15, 0.2) is 24.3 Å². The Bertz CT molecular complexity index is 738. The average molecular weight is 358 g/mol. The van der Waals surface area contributed by atoms with E-state index in [2.05, 4.69) is 10.2 Å². The van der Waals surface area contributed by atoms with Crippen molar-refractivity contribution in [1.29, 1.82) is 0 Å². The molecule has 2 heterocycles. The van der Waals surface area contributed by atoms with Crippen LogP contribution in [0.3, 0.4) is 0 Å². The van der Waals surface area contributed by atoms with Gasteiger partial charge in [0.1, 0.15) is 5.60 Å². The molecule has 1 unspecified atom stereocenters. The number of ether oxygens (including phenoxy) is 1. The van der Waals surface area contributed by atoms with E-state index in [1.54, 1.807) is 6.07 Å². The van der Waals surface area contributed by atoms with Crippen LogP contribution in [0.4, 0.5) is 5.69 Å². The molecule has 2 saturated heterocycles. The largest absolute Gasteiger partial charge is 0.456 e. The van der Waals surface area contributed by atoms with Gasteiger partial charge in [0.2, 0.25) is 11.8 Å².